The molecule has 0 unspecified atom stereocenters. The van der Waals surface area contributed by atoms with Crippen molar-refractivity contribution < 1.29 is 18.9 Å². The Morgan fingerprint density at radius 2 is 1.14 bits per heavy atom. The zero-order chi connectivity index (χ0) is 28.8. The van der Waals surface area contributed by atoms with Gasteiger partial charge in [-0.15, -0.1) is 0 Å². The molecule has 5 aromatic rings. The molecule has 4 nitrogen and oxygen atoms in total. The summed E-state index contributed by atoms with van der Waals surface area (Å²) in [4.78, 5) is 0. The van der Waals surface area contributed by atoms with Crippen molar-refractivity contribution in [3.05, 3.63) is 173 Å². The predicted octanol–water partition coefficient (Wildman–Crippen LogP) is 8.76. The molecule has 0 saturated heterocycles. The van der Waals surface area contributed by atoms with Crippen LogP contribution in [0.3, 0.4) is 0 Å². The van der Waals surface area contributed by atoms with Crippen molar-refractivity contribution in [2.24, 2.45) is 0 Å². The lowest BCUT2D eigenvalue weighted by molar-refractivity contribution is 0.148. The molecule has 0 radical (unpaired) electrons. The smallest absolute Gasteiger partial charge is 0.165 e. The summed E-state index contributed by atoms with van der Waals surface area (Å²) < 4.78 is 24.2. The second-order valence-electron chi connectivity index (χ2n) is 9.90. The minimum atomic E-state index is -0.0885. The third kappa shape index (κ3) is 8.12. The van der Waals surface area contributed by atoms with Gasteiger partial charge in [0.1, 0.15) is 19.0 Å². The van der Waals surface area contributed by atoms with Gasteiger partial charge in [0.15, 0.2) is 11.5 Å². The second-order valence-corrected chi connectivity index (χ2v) is 9.90. The molecule has 4 heteroatoms. The van der Waals surface area contributed by atoms with Gasteiger partial charge in [-0.05, 0) is 40.5 Å². The van der Waals surface area contributed by atoms with Crippen LogP contribution in [0, 0.1) is 0 Å². The quantitative estimate of drug-likeness (QED) is 0.101. The van der Waals surface area contributed by atoms with Crippen LogP contribution < -0.4 is 14.2 Å². The molecular formula is C38H36O4. The number of allylic oxidation sites excluding steroid dienone is 1. The normalized spacial score (nSPS) is 11.7. The van der Waals surface area contributed by atoms with E-state index in [-0.39, 0.29) is 5.92 Å². The van der Waals surface area contributed by atoms with Crippen LogP contribution in [-0.2, 0) is 24.6 Å². The summed E-state index contributed by atoms with van der Waals surface area (Å²) in [7, 11) is 1.68. The fourth-order valence-electron chi connectivity index (χ4n) is 4.74. The Balaban J connectivity index is 1.38. The summed E-state index contributed by atoms with van der Waals surface area (Å²) in [5.41, 5.74) is 5.50. The van der Waals surface area contributed by atoms with Gasteiger partial charge in [0.25, 0.3) is 0 Å². The fourth-order valence-corrected chi connectivity index (χ4v) is 4.74. The van der Waals surface area contributed by atoms with E-state index in [9.17, 15) is 0 Å². The molecule has 0 fully saturated rings. The van der Waals surface area contributed by atoms with Gasteiger partial charge in [-0.25, -0.2) is 0 Å². The standard InChI is InChI=1S/C38H36O4/c1-39-37-21-11-19-36(38(37)42-29-32-17-9-4-10-18-32)35(20-12-26-40-27-30-13-5-2-6-14-30)33-22-24-34(25-23-33)41-28-31-15-7-3-8-16-31/h2-25,35H,26-29H2,1H3/b20-12+/t35-/m1/s1. The molecule has 1 atom stereocenters. The molecule has 212 valence electrons. The molecule has 5 rings (SSSR count). The number of para-hydroxylation sites is 1. The van der Waals surface area contributed by atoms with Gasteiger partial charge >= 0.3 is 0 Å². The van der Waals surface area contributed by atoms with Crippen molar-refractivity contribution >= 4 is 0 Å². The van der Waals surface area contributed by atoms with Crippen LogP contribution in [0.1, 0.15) is 33.7 Å². The third-order valence-corrected chi connectivity index (χ3v) is 6.93. The Morgan fingerprint density at radius 3 is 1.74 bits per heavy atom. The molecule has 0 aromatic heterocycles. The van der Waals surface area contributed by atoms with E-state index in [0.717, 1.165) is 39.3 Å². The summed E-state index contributed by atoms with van der Waals surface area (Å²) in [5, 5.41) is 0. The average molecular weight is 557 g/mol. The van der Waals surface area contributed by atoms with E-state index in [1.807, 2.05) is 78.9 Å². The van der Waals surface area contributed by atoms with Crippen LogP contribution in [0.25, 0.3) is 0 Å². The van der Waals surface area contributed by atoms with Gasteiger partial charge in [-0.1, -0.05) is 127 Å². The van der Waals surface area contributed by atoms with Crippen molar-refractivity contribution in [3.63, 3.8) is 0 Å². The zero-order valence-corrected chi connectivity index (χ0v) is 23.9. The van der Waals surface area contributed by atoms with Crippen LogP contribution >= 0.6 is 0 Å². The number of methoxy groups -OCH3 is 1. The third-order valence-electron chi connectivity index (χ3n) is 6.93. The molecule has 0 bridgehead atoms. The van der Waals surface area contributed by atoms with Crippen LogP contribution in [0.2, 0.25) is 0 Å². The highest BCUT2D eigenvalue weighted by Crippen LogP contribution is 2.40. The van der Waals surface area contributed by atoms with Gasteiger partial charge in [0, 0.05) is 11.5 Å². The minimum absolute atomic E-state index is 0.0885. The van der Waals surface area contributed by atoms with Crippen LogP contribution in [0.15, 0.2) is 146 Å². The molecule has 5 aromatic carbocycles. The van der Waals surface area contributed by atoms with Crippen molar-refractivity contribution in [1.29, 1.82) is 0 Å². The first-order valence-corrected chi connectivity index (χ1v) is 14.2. The maximum atomic E-state index is 6.43. The molecule has 0 aliphatic carbocycles. The monoisotopic (exact) mass is 556 g/mol. The number of benzene rings is 5. The number of hydrogen-bond donors (Lipinski definition) is 0. The number of ether oxygens (including phenoxy) is 4. The van der Waals surface area contributed by atoms with E-state index in [4.69, 9.17) is 18.9 Å². The second kappa shape index (κ2) is 15.3. The zero-order valence-electron chi connectivity index (χ0n) is 23.9. The van der Waals surface area contributed by atoms with Crippen LogP contribution in [-0.4, -0.2) is 13.7 Å². The van der Waals surface area contributed by atoms with E-state index < -0.39 is 0 Å². The van der Waals surface area contributed by atoms with E-state index in [1.165, 1.54) is 0 Å². The van der Waals surface area contributed by atoms with Crippen molar-refractivity contribution in [1.82, 2.24) is 0 Å². The van der Waals surface area contributed by atoms with Gasteiger partial charge < -0.3 is 18.9 Å². The molecule has 0 spiro atoms. The highest BCUT2D eigenvalue weighted by molar-refractivity contribution is 5.53. The maximum Gasteiger partial charge on any atom is 0.165 e. The van der Waals surface area contributed by atoms with Crippen molar-refractivity contribution in [3.8, 4) is 17.2 Å². The summed E-state index contributed by atoms with van der Waals surface area (Å²) in [6.45, 7) is 2.02. The molecule has 0 aliphatic heterocycles. The lowest BCUT2D eigenvalue weighted by Gasteiger charge is -2.21. The minimum Gasteiger partial charge on any atom is -0.493 e. The Labute approximate surface area is 248 Å². The molecule has 0 amide bonds. The van der Waals surface area contributed by atoms with Gasteiger partial charge in [0.2, 0.25) is 0 Å². The topological polar surface area (TPSA) is 36.9 Å². The molecular weight excluding hydrogens is 520 g/mol. The maximum absolute atomic E-state index is 6.43. The van der Waals surface area contributed by atoms with E-state index in [2.05, 4.69) is 66.7 Å². The summed E-state index contributed by atoms with van der Waals surface area (Å²) in [5.74, 6) is 2.16. The van der Waals surface area contributed by atoms with Crippen LogP contribution in [0.5, 0.6) is 17.2 Å². The molecule has 0 heterocycles. The highest BCUT2D eigenvalue weighted by Gasteiger charge is 2.20. The molecule has 0 aliphatic rings. The van der Waals surface area contributed by atoms with Crippen LogP contribution in [0.4, 0.5) is 0 Å². The Bertz CT molecular complexity index is 1510. The van der Waals surface area contributed by atoms with E-state index in [1.54, 1.807) is 7.11 Å². The Kier molecular flexibility index (Phi) is 10.4. The Hall–Kier alpha value is -4.80. The Morgan fingerprint density at radius 1 is 0.571 bits per heavy atom. The van der Waals surface area contributed by atoms with Gasteiger partial charge in [-0.3, -0.25) is 0 Å². The summed E-state index contributed by atoms with van der Waals surface area (Å²) >= 11 is 0. The first kappa shape index (κ1) is 28.7. The fraction of sp³-hybridized carbons (Fsp3) is 0.158. The summed E-state index contributed by atoms with van der Waals surface area (Å²) in [6.07, 6.45) is 4.25. The first-order chi connectivity index (χ1) is 20.8. The lowest BCUT2D eigenvalue weighted by atomic mass is 9.89. The van der Waals surface area contributed by atoms with Gasteiger partial charge in [-0.2, -0.15) is 0 Å². The van der Waals surface area contributed by atoms with E-state index >= 15 is 0 Å². The van der Waals surface area contributed by atoms with Crippen molar-refractivity contribution in [2.45, 2.75) is 25.7 Å². The molecule has 0 saturated carbocycles. The molecule has 0 N–H and O–H groups in total. The average Bonchev–Trinajstić information content (AvgIpc) is 3.06. The van der Waals surface area contributed by atoms with Gasteiger partial charge in [0.05, 0.1) is 20.3 Å². The van der Waals surface area contributed by atoms with E-state index in [0.29, 0.717) is 32.2 Å². The lowest BCUT2D eigenvalue weighted by Crippen LogP contribution is -2.06. The first-order valence-electron chi connectivity index (χ1n) is 14.2. The summed E-state index contributed by atoms with van der Waals surface area (Å²) in [6, 6.07) is 44.9. The number of hydrogen-bond acceptors (Lipinski definition) is 4. The number of rotatable bonds is 14. The predicted molar refractivity (Wildman–Crippen MR) is 168 cm³/mol. The van der Waals surface area contributed by atoms with Crippen molar-refractivity contribution in [2.75, 3.05) is 13.7 Å². The highest BCUT2D eigenvalue weighted by atomic mass is 16.5. The SMILES string of the molecule is COc1cccc([C@H](/C=C/COCc2ccccc2)c2ccc(OCc3ccccc3)cc2)c1OCc1ccccc1. The largest absolute Gasteiger partial charge is 0.493 e. The molecule has 42 heavy (non-hydrogen) atoms.